The second-order valence-electron chi connectivity index (χ2n) is 6.48. The van der Waals surface area contributed by atoms with Gasteiger partial charge in [-0.3, -0.25) is 0 Å². The number of thiazole rings is 1. The molecule has 1 aliphatic heterocycles. The molecule has 0 aliphatic carbocycles. The fraction of sp³-hybridized carbons (Fsp3) is 0.278. The Hall–Kier alpha value is -1.94. The fourth-order valence-corrected chi connectivity index (χ4v) is 5.71. The van der Waals surface area contributed by atoms with Gasteiger partial charge in [-0.2, -0.15) is 4.31 Å². The molecule has 0 unspecified atom stereocenters. The second kappa shape index (κ2) is 7.23. The Bertz CT molecular complexity index is 1040. The Kier molecular flexibility index (Phi) is 4.94. The molecule has 0 radical (unpaired) electrons. The van der Waals surface area contributed by atoms with Gasteiger partial charge in [0.2, 0.25) is 10.0 Å². The van der Waals surface area contributed by atoms with Crippen LogP contribution in [0.5, 0.6) is 0 Å². The van der Waals surface area contributed by atoms with Gasteiger partial charge in [0.05, 0.1) is 41.3 Å². The van der Waals surface area contributed by atoms with Crippen molar-refractivity contribution in [2.75, 3.05) is 26.2 Å². The van der Waals surface area contributed by atoms with E-state index >= 15 is 0 Å². The van der Waals surface area contributed by atoms with Gasteiger partial charge in [0.15, 0.2) is 11.6 Å². The maximum Gasteiger partial charge on any atom is 0.243 e. The van der Waals surface area contributed by atoms with Crippen molar-refractivity contribution in [3.8, 4) is 0 Å². The molecule has 3 aromatic rings. The summed E-state index contributed by atoms with van der Waals surface area (Å²) < 4.78 is 54.3. The zero-order valence-electron chi connectivity index (χ0n) is 14.4. The quantitative estimate of drug-likeness (QED) is 0.712. The summed E-state index contributed by atoms with van der Waals surface area (Å²) >= 11 is 1.66. The number of quaternary nitrogens is 1. The molecule has 1 aliphatic rings. The number of nitrogens with one attached hydrogen (secondary N) is 1. The molecule has 2 heterocycles. The first kappa shape index (κ1) is 18.4. The fourth-order valence-electron chi connectivity index (χ4n) is 3.22. The molecule has 5 nitrogen and oxygen atoms in total. The molecule has 0 spiro atoms. The summed E-state index contributed by atoms with van der Waals surface area (Å²) in [6.45, 7) is 2.69. The van der Waals surface area contributed by atoms with Crippen molar-refractivity contribution in [3.05, 3.63) is 59.1 Å². The Morgan fingerprint density at radius 1 is 1.07 bits per heavy atom. The molecule has 27 heavy (non-hydrogen) atoms. The molecule has 4 rings (SSSR count). The number of benzene rings is 2. The third kappa shape index (κ3) is 3.73. The SMILES string of the molecule is O=S(=O)(c1ccc(F)c(F)c1)N1CC[NH+](Cc2nc3ccccc3s2)CC1. The van der Waals surface area contributed by atoms with Gasteiger partial charge in [-0.15, -0.1) is 11.3 Å². The highest BCUT2D eigenvalue weighted by Gasteiger charge is 2.31. The first-order chi connectivity index (χ1) is 12.9. The molecule has 1 N–H and O–H groups in total. The van der Waals surface area contributed by atoms with Gasteiger partial charge in [0.1, 0.15) is 11.6 Å². The lowest BCUT2D eigenvalue weighted by molar-refractivity contribution is -0.917. The molecule has 0 saturated carbocycles. The number of aromatic nitrogens is 1. The van der Waals surface area contributed by atoms with Crippen LogP contribution in [0.15, 0.2) is 47.4 Å². The number of hydrogen-bond donors (Lipinski definition) is 1. The summed E-state index contributed by atoms with van der Waals surface area (Å²) in [5.74, 6) is -2.21. The van der Waals surface area contributed by atoms with Crippen molar-refractivity contribution in [2.45, 2.75) is 11.4 Å². The number of halogens is 2. The van der Waals surface area contributed by atoms with E-state index < -0.39 is 21.7 Å². The molecule has 0 bridgehead atoms. The third-order valence-corrected chi connectivity index (χ3v) is 7.63. The highest BCUT2D eigenvalue weighted by molar-refractivity contribution is 7.89. The molecule has 0 atom stereocenters. The Morgan fingerprint density at radius 3 is 2.52 bits per heavy atom. The third-order valence-electron chi connectivity index (χ3n) is 4.70. The van der Waals surface area contributed by atoms with Gasteiger partial charge in [-0.25, -0.2) is 22.2 Å². The molecule has 2 aromatic carbocycles. The van der Waals surface area contributed by atoms with E-state index in [9.17, 15) is 17.2 Å². The number of rotatable bonds is 4. The van der Waals surface area contributed by atoms with Crippen LogP contribution in [-0.2, 0) is 16.6 Å². The molecule has 1 aromatic heterocycles. The van der Waals surface area contributed by atoms with Crippen molar-refractivity contribution < 1.29 is 22.1 Å². The van der Waals surface area contributed by atoms with Gasteiger partial charge in [0, 0.05) is 0 Å². The predicted molar refractivity (Wildman–Crippen MR) is 99.1 cm³/mol. The molecule has 1 fully saturated rings. The number of sulfonamides is 1. The summed E-state index contributed by atoms with van der Waals surface area (Å²) in [4.78, 5) is 5.67. The Balaban J connectivity index is 1.42. The van der Waals surface area contributed by atoms with E-state index in [0.29, 0.717) is 26.2 Å². The summed E-state index contributed by atoms with van der Waals surface area (Å²) in [7, 11) is -3.82. The molecule has 1 saturated heterocycles. The summed E-state index contributed by atoms with van der Waals surface area (Å²) in [5.41, 5.74) is 0.983. The highest BCUT2D eigenvalue weighted by Crippen LogP contribution is 2.21. The van der Waals surface area contributed by atoms with Crippen LogP contribution < -0.4 is 4.90 Å². The van der Waals surface area contributed by atoms with E-state index in [2.05, 4.69) is 4.98 Å². The van der Waals surface area contributed by atoms with Gasteiger partial charge in [-0.05, 0) is 30.3 Å². The van der Waals surface area contributed by atoms with Crippen LogP contribution in [0.3, 0.4) is 0 Å². The average molecular weight is 410 g/mol. The van der Waals surface area contributed by atoms with Crippen LogP contribution in [0, 0.1) is 11.6 Å². The standard InChI is InChI=1S/C18H17F2N3O2S2/c19-14-6-5-13(11-15(14)20)27(24,25)23-9-7-22(8-10-23)12-18-21-16-3-1-2-4-17(16)26-18/h1-6,11H,7-10,12H2/p+1. The van der Waals surface area contributed by atoms with Crippen molar-refractivity contribution in [2.24, 2.45) is 0 Å². The largest absolute Gasteiger partial charge is 0.327 e. The van der Waals surface area contributed by atoms with Gasteiger partial charge in [-0.1, -0.05) is 12.1 Å². The second-order valence-corrected chi connectivity index (χ2v) is 9.54. The van der Waals surface area contributed by atoms with Crippen LogP contribution in [0.4, 0.5) is 8.78 Å². The van der Waals surface area contributed by atoms with Crippen molar-refractivity contribution in [1.82, 2.24) is 9.29 Å². The number of para-hydroxylation sites is 1. The Morgan fingerprint density at radius 2 is 1.81 bits per heavy atom. The van der Waals surface area contributed by atoms with Gasteiger partial charge < -0.3 is 4.90 Å². The number of hydrogen-bond acceptors (Lipinski definition) is 4. The predicted octanol–water partition coefficient (Wildman–Crippen LogP) is 1.66. The number of piperazine rings is 1. The first-order valence-corrected chi connectivity index (χ1v) is 10.8. The van der Waals surface area contributed by atoms with Crippen LogP contribution >= 0.6 is 11.3 Å². The van der Waals surface area contributed by atoms with E-state index in [1.54, 1.807) is 11.3 Å². The van der Waals surface area contributed by atoms with E-state index in [4.69, 9.17) is 0 Å². The number of fused-ring (bicyclic) bond motifs is 1. The van der Waals surface area contributed by atoms with Crippen molar-refractivity contribution in [1.29, 1.82) is 0 Å². The highest BCUT2D eigenvalue weighted by atomic mass is 32.2. The van der Waals surface area contributed by atoms with Crippen LogP contribution in [0.25, 0.3) is 10.2 Å². The smallest absolute Gasteiger partial charge is 0.243 e. The van der Waals surface area contributed by atoms with Crippen LogP contribution in [-0.4, -0.2) is 43.9 Å². The zero-order chi connectivity index (χ0) is 19.0. The molecular weight excluding hydrogens is 392 g/mol. The van der Waals surface area contributed by atoms with Gasteiger partial charge in [0.25, 0.3) is 0 Å². The minimum absolute atomic E-state index is 0.212. The summed E-state index contributed by atoms with van der Waals surface area (Å²) in [6.07, 6.45) is 0. The maximum absolute atomic E-state index is 13.4. The maximum atomic E-state index is 13.4. The molecule has 0 amide bonds. The monoisotopic (exact) mass is 410 g/mol. The van der Waals surface area contributed by atoms with Gasteiger partial charge >= 0.3 is 0 Å². The lowest BCUT2D eigenvalue weighted by Crippen LogP contribution is -3.13. The van der Waals surface area contributed by atoms with Crippen molar-refractivity contribution in [3.63, 3.8) is 0 Å². The van der Waals surface area contributed by atoms with E-state index in [1.807, 2.05) is 24.3 Å². The normalized spacial score (nSPS) is 16.8. The van der Waals surface area contributed by atoms with Crippen molar-refractivity contribution >= 4 is 31.6 Å². The average Bonchev–Trinajstić information content (AvgIpc) is 3.06. The first-order valence-electron chi connectivity index (χ1n) is 8.57. The summed E-state index contributed by atoms with van der Waals surface area (Å²) in [6, 6.07) is 10.7. The molecule has 142 valence electrons. The Labute approximate surface area is 159 Å². The lowest BCUT2D eigenvalue weighted by atomic mass is 10.3. The topological polar surface area (TPSA) is 54.7 Å². The lowest BCUT2D eigenvalue weighted by Gasteiger charge is -2.31. The van der Waals surface area contributed by atoms with E-state index in [0.717, 1.165) is 40.0 Å². The molecule has 9 heteroatoms. The van der Waals surface area contributed by atoms with Crippen LogP contribution in [0.2, 0.25) is 0 Å². The van der Waals surface area contributed by atoms with Crippen LogP contribution in [0.1, 0.15) is 5.01 Å². The minimum Gasteiger partial charge on any atom is -0.327 e. The van der Waals surface area contributed by atoms with E-state index in [-0.39, 0.29) is 4.90 Å². The zero-order valence-corrected chi connectivity index (χ0v) is 16.0. The van der Waals surface area contributed by atoms with E-state index in [1.165, 1.54) is 9.21 Å². The number of nitrogens with zero attached hydrogens (tertiary/aromatic N) is 2. The summed E-state index contributed by atoms with van der Waals surface area (Å²) in [5, 5.41) is 1.03. The minimum atomic E-state index is -3.82. The molecular formula is C18H18F2N3O2S2+.